The Bertz CT molecular complexity index is 600. The van der Waals surface area contributed by atoms with Crippen LogP contribution in [0.25, 0.3) is 0 Å². The lowest BCUT2D eigenvalue weighted by Crippen LogP contribution is -2.37. The molecule has 6 heteroatoms. The molecule has 0 amide bonds. The van der Waals surface area contributed by atoms with Crippen molar-refractivity contribution in [2.75, 3.05) is 18.4 Å². The third-order valence-corrected chi connectivity index (χ3v) is 4.39. The molecular formula is C14H20N2O3S. The van der Waals surface area contributed by atoms with Gasteiger partial charge in [0.05, 0.1) is 12.3 Å². The summed E-state index contributed by atoms with van der Waals surface area (Å²) >= 11 is 0. The fourth-order valence-corrected chi connectivity index (χ4v) is 2.54. The van der Waals surface area contributed by atoms with Gasteiger partial charge in [-0.05, 0) is 26.0 Å². The van der Waals surface area contributed by atoms with Gasteiger partial charge in [0, 0.05) is 25.1 Å². The van der Waals surface area contributed by atoms with E-state index in [4.69, 9.17) is 5.11 Å². The van der Waals surface area contributed by atoms with E-state index in [-0.39, 0.29) is 12.6 Å². The minimum Gasteiger partial charge on any atom is -0.395 e. The zero-order valence-corrected chi connectivity index (χ0v) is 12.7. The fraction of sp³-hybridized carbons (Fsp3) is 0.429. The van der Waals surface area contributed by atoms with Crippen LogP contribution < -0.4 is 4.72 Å². The highest BCUT2D eigenvalue weighted by molar-refractivity contribution is 7.90. The van der Waals surface area contributed by atoms with Crippen LogP contribution >= 0.6 is 0 Å². The van der Waals surface area contributed by atoms with Crippen LogP contribution in [0.15, 0.2) is 24.3 Å². The zero-order valence-electron chi connectivity index (χ0n) is 11.9. The van der Waals surface area contributed by atoms with E-state index in [0.29, 0.717) is 17.7 Å². The van der Waals surface area contributed by atoms with Gasteiger partial charge in [-0.1, -0.05) is 24.0 Å². The smallest absolute Gasteiger partial charge is 0.301 e. The van der Waals surface area contributed by atoms with Crippen molar-refractivity contribution >= 4 is 15.9 Å². The van der Waals surface area contributed by atoms with Crippen molar-refractivity contribution in [1.82, 2.24) is 4.31 Å². The number of nitrogens with one attached hydrogen (secondary N) is 1. The third kappa shape index (κ3) is 4.53. The number of nitrogens with zero attached hydrogens (tertiary/aromatic N) is 1. The maximum Gasteiger partial charge on any atom is 0.301 e. The topological polar surface area (TPSA) is 69.6 Å². The lowest BCUT2D eigenvalue weighted by atomic mass is 10.2. The number of anilines is 1. The van der Waals surface area contributed by atoms with E-state index in [1.54, 1.807) is 38.1 Å². The molecule has 0 aliphatic rings. The second-order valence-corrected chi connectivity index (χ2v) is 6.27. The number of hydrogen-bond donors (Lipinski definition) is 2. The second-order valence-electron chi connectivity index (χ2n) is 4.54. The van der Waals surface area contributed by atoms with Crippen LogP contribution in [-0.4, -0.2) is 37.5 Å². The van der Waals surface area contributed by atoms with Crippen LogP contribution in [0.5, 0.6) is 0 Å². The molecular weight excluding hydrogens is 276 g/mol. The molecule has 0 atom stereocenters. The first-order valence-corrected chi connectivity index (χ1v) is 7.77. The molecule has 0 spiro atoms. The third-order valence-electron chi connectivity index (χ3n) is 2.73. The first-order valence-electron chi connectivity index (χ1n) is 6.33. The Balaban J connectivity index is 3.02. The Labute approximate surface area is 120 Å². The summed E-state index contributed by atoms with van der Waals surface area (Å²) in [6, 6.07) is 6.78. The van der Waals surface area contributed by atoms with Gasteiger partial charge in [0.15, 0.2) is 0 Å². The van der Waals surface area contributed by atoms with Gasteiger partial charge in [0.2, 0.25) is 0 Å². The van der Waals surface area contributed by atoms with Gasteiger partial charge in [0.25, 0.3) is 0 Å². The van der Waals surface area contributed by atoms with Crippen molar-refractivity contribution in [3.8, 4) is 11.8 Å². The average Bonchev–Trinajstić information content (AvgIpc) is 2.39. The largest absolute Gasteiger partial charge is 0.395 e. The van der Waals surface area contributed by atoms with Gasteiger partial charge >= 0.3 is 10.2 Å². The summed E-state index contributed by atoms with van der Waals surface area (Å²) in [5.41, 5.74) is 1.02. The second kappa shape index (κ2) is 7.29. The minimum absolute atomic E-state index is 0.0169. The van der Waals surface area contributed by atoms with Crippen LogP contribution in [0.3, 0.4) is 0 Å². The molecule has 5 nitrogen and oxygen atoms in total. The Kier molecular flexibility index (Phi) is 6.02. The molecule has 0 radical (unpaired) electrons. The lowest BCUT2D eigenvalue weighted by molar-refractivity contribution is 0.305. The van der Waals surface area contributed by atoms with Crippen molar-refractivity contribution in [3.63, 3.8) is 0 Å². The highest BCUT2D eigenvalue weighted by Crippen LogP contribution is 2.17. The molecule has 0 unspecified atom stereocenters. The van der Waals surface area contributed by atoms with Gasteiger partial charge in [-0.2, -0.15) is 12.7 Å². The Hall–Kier alpha value is -1.55. The molecule has 0 aliphatic heterocycles. The molecule has 0 heterocycles. The van der Waals surface area contributed by atoms with Crippen molar-refractivity contribution < 1.29 is 13.5 Å². The van der Waals surface area contributed by atoms with E-state index in [1.807, 2.05) is 0 Å². The Morgan fingerprint density at radius 1 is 1.35 bits per heavy atom. The normalized spacial score (nSPS) is 11.3. The zero-order chi connectivity index (χ0) is 15.2. The van der Waals surface area contributed by atoms with E-state index in [0.717, 1.165) is 0 Å². The highest BCUT2D eigenvalue weighted by Gasteiger charge is 2.20. The fourth-order valence-electron chi connectivity index (χ4n) is 1.38. The van der Waals surface area contributed by atoms with Crippen LogP contribution in [0.4, 0.5) is 5.69 Å². The summed E-state index contributed by atoms with van der Waals surface area (Å²) in [7, 11) is -2.08. The number of para-hydroxylation sites is 1. The molecule has 2 N–H and O–H groups in total. The van der Waals surface area contributed by atoms with Gasteiger partial charge in [-0.15, -0.1) is 0 Å². The molecule has 20 heavy (non-hydrogen) atoms. The predicted octanol–water partition coefficient (Wildman–Crippen LogP) is 1.42. The van der Waals surface area contributed by atoms with Gasteiger partial charge in [-0.25, -0.2) is 0 Å². The molecule has 1 rings (SSSR count). The number of aliphatic hydroxyl groups is 1. The SMILES string of the molecule is CC(C)N(C)S(=O)(=O)Nc1ccccc1C#CCCO. The number of aliphatic hydroxyl groups excluding tert-OH is 1. The van der Waals surface area contributed by atoms with Crippen molar-refractivity contribution in [1.29, 1.82) is 0 Å². The monoisotopic (exact) mass is 296 g/mol. The summed E-state index contributed by atoms with van der Waals surface area (Å²) in [5.74, 6) is 5.63. The summed E-state index contributed by atoms with van der Waals surface area (Å²) in [5, 5.41) is 8.71. The molecule has 0 aliphatic carbocycles. The maximum atomic E-state index is 12.2. The van der Waals surface area contributed by atoms with Gasteiger partial charge < -0.3 is 5.11 Å². The lowest BCUT2D eigenvalue weighted by Gasteiger charge is -2.22. The number of hydrogen-bond acceptors (Lipinski definition) is 3. The first kappa shape index (κ1) is 16.5. The van der Waals surface area contributed by atoms with Crippen molar-refractivity contribution in [3.05, 3.63) is 29.8 Å². The molecule has 0 bridgehead atoms. The van der Waals surface area contributed by atoms with E-state index in [2.05, 4.69) is 16.6 Å². The van der Waals surface area contributed by atoms with E-state index in [1.165, 1.54) is 11.4 Å². The molecule has 1 aromatic rings. The minimum atomic E-state index is -3.60. The average molecular weight is 296 g/mol. The molecule has 1 aromatic carbocycles. The molecule has 0 saturated heterocycles. The molecule has 0 aromatic heterocycles. The first-order chi connectivity index (χ1) is 9.38. The molecule has 0 saturated carbocycles. The van der Waals surface area contributed by atoms with Gasteiger partial charge in [0.1, 0.15) is 0 Å². The van der Waals surface area contributed by atoms with E-state index >= 15 is 0 Å². The quantitative estimate of drug-likeness (QED) is 0.807. The van der Waals surface area contributed by atoms with Crippen molar-refractivity contribution in [2.24, 2.45) is 0 Å². The highest BCUT2D eigenvalue weighted by atomic mass is 32.2. The number of benzene rings is 1. The van der Waals surface area contributed by atoms with Crippen LogP contribution in [0, 0.1) is 11.8 Å². The summed E-state index contributed by atoms with van der Waals surface area (Å²) in [4.78, 5) is 0. The Morgan fingerprint density at radius 2 is 2.00 bits per heavy atom. The van der Waals surface area contributed by atoms with E-state index < -0.39 is 10.2 Å². The van der Waals surface area contributed by atoms with Crippen LogP contribution in [0.1, 0.15) is 25.8 Å². The predicted molar refractivity (Wildman–Crippen MR) is 80.5 cm³/mol. The van der Waals surface area contributed by atoms with Crippen LogP contribution in [-0.2, 0) is 10.2 Å². The molecule has 0 fully saturated rings. The van der Waals surface area contributed by atoms with E-state index in [9.17, 15) is 8.42 Å². The number of rotatable bonds is 5. The van der Waals surface area contributed by atoms with Crippen molar-refractivity contribution in [2.45, 2.75) is 26.3 Å². The standard InChI is InChI=1S/C14H20N2O3S/c1-12(2)16(3)20(18,19)15-14-10-5-4-8-13(14)9-6-7-11-17/h4-5,8,10,12,15,17H,7,11H2,1-3H3. The molecule has 110 valence electrons. The Morgan fingerprint density at radius 3 is 2.60 bits per heavy atom. The summed E-state index contributed by atoms with van der Waals surface area (Å²) < 4.78 is 28.1. The van der Waals surface area contributed by atoms with Crippen LogP contribution in [0.2, 0.25) is 0 Å². The summed E-state index contributed by atoms with van der Waals surface area (Å²) in [6.45, 7) is 3.58. The maximum absolute atomic E-state index is 12.2. The summed E-state index contributed by atoms with van der Waals surface area (Å²) in [6.07, 6.45) is 0.354. The van der Waals surface area contributed by atoms with Gasteiger partial charge in [-0.3, -0.25) is 4.72 Å².